The van der Waals surface area contributed by atoms with Crippen LogP contribution in [-0.4, -0.2) is 10.9 Å². The number of hydrogen-bond acceptors (Lipinski definition) is 2. The van der Waals surface area contributed by atoms with Gasteiger partial charge in [-0.1, -0.05) is 24.3 Å². The molecule has 116 valence electrons. The monoisotopic (exact) mass is 305 g/mol. The molecular formula is C19H19N3O. The minimum Gasteiger partial charge on any atom is -0.399 e. The number of nitrogens with two attached hydrogens (primary N) is 1. The van der Waals surface area contributed by atoms with E-state index in [0.717, 1.165) is 30.5 Å². The highest BCUT2D eigenvalue weighted by atomic mass is 16.1. The van der Waals surface area contributed by atoms with Crippen molar-refractivity contribution in [1.82, 2.24) is 4.98 Å². The van der Waals surface area contributed by atoms with Gasteiger partial charge in [0.2, 0.25) is 5.91 Å². The fourth-order valence-corrected chi connectivity index (χ4v) is 3.45. The standard InChI is InChI=1S/C19H19N3O/c20-13-4-3-5-14(11-13)21-19(23)12-8-9-18-16(10-12)15-6-1-2-7-17(15)22-18/h1-7,11-12,22H,8-10,20H2,(H,21,23). The second-order valence-electron chi connectivity index (χ2n) is 6.18. The van der Waals surface area contributed by atoms with E-state index in [0.29, 0.717) is 5.69 Å². The van der Waals surface area contributed by atoms with Crippen LogP contribution < -0.4 is 11.1 Å². The number of para-hydroxylation sites is 1. The maximum Gasteiger partial charge on any atom is 0.227 e. The summed E-state index contributed by atoms with van der Waals surface area (Å²) in [5, 5.41) is 4.23. The third-order valence-corrected chi connectivity index (χ3v) is 4.62. The van der Waals surface area contributed by atoms with Crippen LogP contribution in [0.3, 0.4) is 0 Å². The van der Waals surface area contributed by atoms with Gasteiger partial charge in [0.25, 0.3) is 0 Å². The minimum absolute atomic E-state index is 0.00290. The Morgan fingerprint density at radius 1 is 1.17 bits per heavy atom. The van der Waals surface area contributed by atoms with Crippen molar-refractivity contribution in [2.45, 2.75) is 19.3 Å². The van der Waals surface area contributed by atoms with Crippen LogP contribution in [-0.2, 0) is 17.6 Å². The Morgan fingerprint density at radius 3 is 2.91 bits per heavy atom. The topological polar surface area (TPSA) is 70.9 Å². The Labute approximate surface area is 134 Å². The second kappa shape index (κ2) is 5.47. The van der Waals surface area contributed by atoms with Gasteiger partial charge < -0.3 is 16.0 Å². The quantitative estimate of drug-likeness (QED) is 0.634. The van der Waals surface area contributed by atoms with Crippen LogP contribution in [0.5, 0.6) is 0 Å². The summed E-state index contributed by atoms with van der Waals surface area (Å²) in [7, 11) is 0. The molecule has 1 aliphatic rings. The van der Waals surface area contributed by atoms with Gasteiger partial charge in [0.15, 0.2) is 0 Å². The van der Waals surface area contributed by atoms with Crippen molar-refractivity contribution in [3.8, 4) is 0 Å². The lowest BCUT2D eigenvalue weighted by Crippen LogP contribution is -2.28. The van der Waals surface area contributed by atoms with E-state index in [1.807, 2.05) is 30.3 Å². The van der Waals surface area contributed by atoms with Crippen molar-refractivity contribution in [1.29, 1.82) is 0 Å². The number of anilines is 2. The third-order valence-electron chi connectivity index (χ3n) is 4.62. The molecule has 4 nitrogen and oxygen atoms in total. The zero-order valence-electron chi connectivity index (χ0n) is 12.8. The van der Waals surface area contributed by atoms with Crippen LogP contribution in [0.15, 0.2) is 48.5 Å². The van der Waals surface area contributed by atoms with Crippen molar-refractivity contribution in [2.75, 3.05) is 11.1 Å². The van der Waals surface area contributed by atoms with Gasteiger partial charge in [0.1, 0.15) is 0 Å². The molecular weight excluding hydrogens is 286 g/mol. The zero-order chi connectivity index (χ0) is 15.8. The predicted octanol–water partition coefficient (Wildman–Crippen LogP) is 3.49. The van der Waals surface area contributed by atoms with Gasteiger partial charge in [0, 0.05) is 33.9 Å². The molecule has 0 saturated carbocycles. The Hall–Kier alpha value is -2.75. The summed E-state index contributed by atoms with van der Waals surface area (Å²) in [6, 6.07) is 15.6. The Balaban J connectivity index is 1.56. The van der Waals surface area contributed by atoms with Gasteiger partial charge in [0.05, 0.1) is 0 Å². The van der Waals surface area contributed by atoms with Crippen LogP contribution in [0.4, 0.5) is 11.4 Å². The van der Waals surface area contributed by atoms with Gasteiger partial charge in [-0.3, -0.25) is 4.79 Å². The van der Waals surface area contributed by atoms with Crippen molar-refractivity contribution in [2.24, 2.45) is 5.92 Å². The first-order chi connectivity index (χ1) is 11.2. The van der Waals surface area contributed by atoms with Crippen molar-refractivity contribution < 1.29 is 4.79 Å². The first kappa shape index (κ1) is 13.9. The van der Waals surface area contributed by atoms with Crippen molar-refractivity contribution >= 4 is 28.2 Å². The van der Waals surface area contributed by atoms with Crippen LogP contribution >= 0.6 is 0 Å². The Kier molecular flexibility index (Phi) is 3.30. The molecule has 1 heterocycles. The molecule has 0 spiro atoms. The van der Waals surface area contributed by atoms with Gasteiger partial charge in [-0.15, -0.1) is 0 Å². The number of aryl methyl sites for hydroxylation is 1. The highest BCUT2D eigenvalue weighted by Gasteiger charge is 2.27. The SMILES string of the molecule is Nc1cccc(NC(=O)C2CCc3[nH]c4ccccc4c3C2)c1. The molecule has 2 aromatic carbocycles. The normalized spacial score (nSPS) is 17.0. The molecule has 4 rings (SSSR count). The number of aromatic nitrogens is 1. The number of carbonyl (C=O) groups is 1. The summed E-state index contributed by atoms with van der Waals surface area (Å²) in [5.74, 6) is 0.0784. The van der Waals surface area contributed by atoms with Crippen LogP contribution in [0.25, 0.3) is 10.9 Å². The highest BCUT2D eigenvalue weighted by Crippen LogP contribution is 2.32. The number of rotatable bonds is 2. The van der Waals surface area contributed by atoms with Crippen LogP contribution in [0.1, 0.15) is 17.7 Å². The van der Waals surface area contributed by atoms with E-state index < -0.39 is 0 Å². The van der Waals surface area contributed by atoms with E-state index in [1.165, 1.54) is 16.6 Å². The molecule has 1 aliphatic carbocycles. The van der Waals surface area contributed by atoms with Crippen LogP contribution in [0, 0.1) is 5.92 Å². The molecule has 1 atom stereocenters. The number of hydrogen-bond donors (Lipinski definition) is 3. The molecule has 23 heavy (non-hydrogen) atoms. The summed E-state index contributed by atoms with van der Waals surface area (Å²) in [6.45, 7) is 0. The first-order valence-electron chi connectivity index (χ1n) is 7.95. The first-order valence-corrected chi connectivity index (χ1v) is 7.95. The van der Waals surface area contributed by atoms with Crippen molar-refractivity contribution in [3.63, 3.8) is 0 Å². The molecule has 4 N–H and O–H groups in total. The minimum atomic E-state index is 0.00290. The molecule has 0 radical (unpaired) electrons. The maximum atomic E-state index is 12.6. The molecule has 0 aliphatic heterocycles. The summed E-state index contributed by atoms with van der Waals surface area (Å²) in [4.78, 5) is 16.1. The van der Waals surface area contributed by atoms with E-state index in [-0.39, 0.29) is 11.8 Å². The maximum absolute atomic E-state index is 12.6. The van der Waals surface area contributed by atoms with Gasteiger partial charge >= 0.3 is 0 Å². The number of amides is 1. The molecule has 4 heteroatoms. The van der Waals surface area contributed by atoms with Gasteiger partial charge in [-0.25, -0.2) is 0 Å². The molecule has 0 fully saturated rings. The van der Waals surface area contributed by atoms with Crippen LogP contribution in [0.2, 0.25) is 0 Å². The lowest BCUT2D eigenvalue weighted by Gasteiger charge is -2.22. The fraction of sp³-hybridized carbons (Fsp3) is 0.211. The number of nitrogen functional groups attached to an aromatic ring is 1. The smallest absolute Gasteiger partial charge is 0.227 e. The molecule has 1 amide bonds. The highest BCUT2D eigenvalue weighted by molar-refractivity contribution is 5.94. The van der Waals surface area contributed by atoms with E-state index >= 15 is 0 Å². The lowest BCUT2D eigenvalue weighted by atomic mass is 9.86. The summed E-state index contributed by atoms with van der Waals surface area (Å²) < 4.78 is 0. The van der Waals surface area contributed by atoms with Crippen molar-refractivity contribution in [3.05, 3.63) is 59.8 Å². The summed E-state index contributed by atoms with van der Waals surface area (Å²) >= 11 is 0. The molecule has 1 aromatic heterocycles. The second-order valence-corrected chi connectivity index (χ2v) is 6.18. The molecule has 0 saturated heterocycles. The van der Waals surface area contributed by atoms with E-state index in [9.17, 15) is 4.79 Å². The number of carbonyl (C=O) groups excluding carboxylic acids is 1. The molecule has 3 aromatic rings. The van der Waals surface area contributed by atoms with E-state index in [2.05, 4.69) is 22.4 Å². The molecule has 0 bridgehead atoms. The summed E-state index contributed by atoms with van der Waals surface area (Å²) in [6.07, 6.45) is 2.57. The average molecular weight is 305 g/mol. The predicted molar refractivity (Wildman–Crippen MR) is 93.3 cm³/mol. The summed E-state index contributed by atoms with van der Waals surface area (Å²) in [5.41, 5.74) is 10.9. The Bertz CT molecular complexity index is 881. The van der Waals surface area contributed by atoms with Gasteiger partial charge in [-0.2, -0.15) is 0 Å². The Morgan fingerprint density at radius 2 is 2.04 bits per heavy atom. The third kappa shape index (κ3) is 2.57. The number of aromatic amines is 1. The number of fused-ring (bicyclic) bond motifs is 3. The number of benzene rings is 2. The van der Waals surface area contributed by atoms with E-state index in [4.69, 9.17) is 5.73 Å². The lowest BCUT2D eigenvalue weighted by molar-refractivity contribution is -0.120. The van der Waals surface area contributed by atoms with E-state index in [1.54, 1.807) is 6.07 Å². The number of nitrogens with one attached hydrogen (secondary N) is 2. The van der Waals surface area contributed by atoms with Gasteiger partial charge in [-0.05, 0) is 49.1 Å². The molecule has 1 unspecified atom stereocenters. The largest absolute Gasteiger partial charge is 0.399 e. The fourth-order valence-electron chi connectivity index (χ4n) is 3.45. The average Bonchev–Trinajstić information content (AvgIpc) is 2.92. The number of H-pyrrole nitrogens is 1. The zero-order valence-corrected chi connectivity index (χ0v) is 12.8.